The topological polar surface area (TPSA) is 106 Å². The van der Waals surface area contributed by atoms with Gasteiger partial charge in [-0.15, -0.1) is 0 Å². The van der Waals surface area contributed by atoms with E-state index in [1.165, 1.54) is 0 Å². The smallest absolute Gasteiger partial charge is 0.344 e. The van der Waals surface area contributed by atoms with Gasteiger partial charge in [0.2, 0.25) is 0 Å². The van der Waals surface area contributed by atoms with Gasteiger partial charge in [0, 0.05) is 24.9 Å². The molecule has 0 fully saturated rings. The number of nitrogens with one attached hydrogen (secondary N) is 1. The van der Waals surface area contributed by atoms with Gasteiger partial charge in [0.15, 0.2) is 5.96 Å². The SMILES string of the molecule is NC(N)=NC(=O)NCc1cccc(Cc2ccccn2)c1. The molecule has 2 amide bonds. The molecule has 0 spiro atoms. The zero-order valence-corrected chi connectivity index (χ0v) is 11.5. The first kappa shape index (κ1) is 14.5. The Bertz CT molecular complexity index is 636. The first-order valence-electron chi connectivity index (χ1n) is 6.48. The number of guanidine groups is 1. The van der Waals surface area contributed by atoms with Gasteiger partial charge in [0.1, 0.15) is 0 Å². The van der Waals surface area contributed by atoms with Gasteiger partial charge < -0.3 is 16.8 Å². The molecule has 6 heteroatoms. The number of rotatable bonds is 4. The largest absolute Gasteiger partial charge is 0.370 e. The maximum atomic E-state index is 11.3. The van der Waals surface area contributed by atoms with Crippen LogP contribution < -0.4 is 16.8 Å². The van der Waals surface area contributed by atoms with Crippen LogP contribution in [0.25, 0.3) is 0 Å². The third kappa shape index (κ3) is 4.94. The van der Waals surface area contributed by atoms with Crippen molar-refractivity contribution in [2.24, 2.45) is 16.5 Å². The Morgan fingerprint density at radius 2 is 1.95 bits per heavy atom. The monoisotopic (exact) mass is 283 g/mol. The van der Waals surface area contributed by atoms with Crippen LogP contribution in [0, 0.1) is 0 Å². The van der Waals surface area contributed by atoms with E-state index in [-0.39, 0.29) is 5.96 Å². The number of hydrogen-bond donors (Lipinski definition) is 3. The van der Waals surface area contributed by atoms with Crippen molar-refractivity contribution in [1.82, 2.24) is 10.3 Å². The van der Waals surface area contributed by atoms with Gasteiger partial charge in [-0.3, -0.25) is 4.98 Å². The first-order valence-corrected chi connectivity index (χ1v) is 6.48. The highest BCUT2D eigenvalue weighted by atomic mass is 16.2. The Balaban J connectivity index is 1.98. The van der Waals surface area contributed by atoms with Crippen molar-refractivity contribution in [3.8, 4) is 0 Å². The van der Waals surface area contributed by atoms with E-state index in [9.17, 15) is 4.79 Å². The van der Waals surface area contributed by atoms with E-state index in [0.717, 1.165) is 23.2 Å². The number of aliphatic imine (C=N–C) groups is 1. The van der Waals surface area contributed by atoms with Crippen molar-refractivity contribution < 1.29 is 4.79 Å². The fourth-order valence-electron chi connectivity index (χ4n) is 1.90. The van der Waals surface area contributed by atoms with Crippen molar-refractivity contribution in [2.75, 3.05) is 0 Å². The Kier molecular flexibility index (Phi) is 4.87. The molecule has 2 aromatic rings. The van der Waals surface area contributed by atoms with Crippen molar-refractivity contribution >= 4 is 12.0 Å². The molecule has 5 N–H and O–H groups in total. The van der Waals surface area contributed by atoms with E-state index in [4.69, 9.17) is 11.5 Å². The summed E-state index contributed by atoms with van der Waals surface area (Å²) in [4.78, 5) is 19.0. The minimum absolute atomic E-state index is 0.253. The zero-order chi connectivity index (χ0) is 15.1. The molecule has 0 aliphatic heterocycles. The second-order valence-electron chi connectivity index (χ2n) is 4.51. The molecule has 0 atom stereocenters. The lowest BCUT2D eigenvalue weighted by Gasteiger charge is -2.06. The summed E-state index contributed by atoms with van der Waals surface area (Å²) in [5, 5.41) is 2.62. The maximum Gasteiger partial charge on any atom is 0.344 e. The normalized spacial score (nSPS) is 9.90. The molecule has 108 valence electrons. The summed E-state index contributed by atoms with van der Waals surface area (Å²) in [6.07, 6.45) is 2.52. The van der Waals surface area contributed by atoms with Gasteiger partial charge in [0.05, 0.1) is 0 Å². The van der Waals surface area contributed by atoms with Crippen molar-refractivity contribution in [3.05, 3.63) is 65.5 Å². The second kappa shape index (κ2) is 7.04. The van der Waals surface area contributed by atoms with Gasteiger partial charge in [0.25, 0.3) is 0 Å². The Morgan fingerprint density at radius 3 is 2.67 bits per heavy atom. The van der Waals surface area contributed by atoms with Crippen LogP contribution in [0.15, 0.2) is 53.7 Å². The molecule has 6 nitrogen and oxygen atoms in total. The average molecular weight is 283 g/mol. The minimum atomic E-state index is -0.551. The summed E-state index contributed by atoms with van der Waals surface area (Å²) in [7, 11) is 0. The predicted molar refractivity (Wildman–Crippen MR) is 81.5 cm³/mol. The lowest BCUT2D eigenvalue weighted by Crippen LogP contribution is -2.28. The molecule has 0 aliphatic rings. The first-order chi connectivity index (χ1) is 10.1. The number of urea groups is 1. The second-order valence-corrected chi connectivity index (χ2v) is 4.51. The molecule has 0 saturated heterocycles. The summed E-state index contributed by atoms with van der Waals surface area (Å²) in [5.41, 5.74) is 13.4. The number of nitrogens with zero attached hydrogens (tertiary/aromatic N) is 2. The molecule has 0 bridgehead atoms. The molecule has 2 rings (SSSR count). The Hall–Kier alpha value is -2.89. The van der Waals surface area contributed by atoms with E-state index in [1.807, 2.05) is 42.5 Å². The third-order valence-electron chi connectivity index (χ3n) is 2.78. The van der Waals surface area contributed by atoms with Gasteiger partial charge >= 0.3 is 6.03 Å². The molecular formula is C15H17N5O. The highest BCUT2D eigenvalue weighted by Crippen LogP contribution is 2.10. The summed E-state index contributed by atoms with van der Waals surface area (Å²) in [6.45, 7) is 0.367. The maximum absolute atomic E-state index is 11.3. The molecule has 0 saturated carbocycles. The molecule has 1 heterocycles. The van der Waals surface area contributed by atoms with Crippen molar-refractivity contribution in [3.63, 3.8) is 0 Å². The predicted octanol–water partition coefficient (Wildman–Crippen LogP) is 1.16. The number of benzene rings is 1. The molecule has 21 heavy (non-hydrogen) atoms. The lowest BCUT2D eigenvalue weighted by molar-refractivity contribution is 0.249. The minimum Gasteiger partial charge on any atom is -0.370 e. The highest BCUT2D eigenvalue weighted by Gasteiger charge is 2.02. The molecule has 1 aromatic heterocycles. The van der Waals surface area contributed by atoms with E-state index in [0.29, 0.717) is 6.54 Å². The van der Waals surface area contributed by atoms with Crippen LogP contribution in [0.4, 0.5) is 4.79 Å². The van der Waals surface area contributed by atoms with Crippen LogP contribution in [-0.4, -0.2) is 17.0 Å². The summed E-state index contributed by atoms with van der Waals surface area (Å²) < 4.78 is 0. The Morgan fingerprint density at radius 1 is 1.14 bits per heavy atom. The summed E-state index contributed by atoms with van der Waals surface area (Å²) in [6, 6.07) is 13.2. The van der Waals surface area contributed by atoms with E-state index in [1.54, 1.807) is 6.20 Å². The van der Waals surface area contributed by atoms with Gasteiger partial charge in [-0.05, 0) is 23.3 Å². The van der Waals surface area contributed by atoms with Crippen molar-refractivity contribution in [1.29, 1.82) is 0 Å². The fraction of sp³-hybridized carbons (Fsp3) is 0.133. The van der Waals surface area contributed by atoms with Crippen LogP contribution in [0.2, 0.25) is 0 Å². The number of pyridine rings is 1. The summed E-state index contributed by atoms with van der Waals surface area (Å²) in [5.74, 6) is -0.253. The highest BCUT2D eigenvalue weighted by molar-refractivity contribution is 5.90. The summed E-state index contributed by atoms with van der Waals surface area (Å²) >= 11 is 0. The lowest BCUT2D eigenvalue weighted by atomic mass is 10.1. The third-order valence-corrected chi connectivity index (χ3v) is 2.78. The van der Waals surface area contributed by atoms with Gasteiger partial charge in [-0.2, -0.15) is 4.99 Å². The van der Waals surface area contributed by atoms with Crippen LogP contribution in [-0.2, 0) is 13.0 Å². The number of carbonyl (C=O) groups excluding carboxylic acids is 1. The Labute approximate surface area is 122 Å². The quantitative estimate of drug-likeness (QED) is 0.578. The number of aromatic nitrogens is 1. The van der Waals surface area contributed by atoms with Crippen LogP contribution in [0.1, 0.15) is 16.8 Å². The zero-order valence-electron chi connectivity index (χ0n) is 11.5. The van der Waals surface area contributed by atoms with Crippen LogP contribution in [0.5, 0.6) is 0 Å². The standard InChI is InChI=1S/C15H17N5O/c16-14(17)20-15(21)19-10-12-5-3-4-11(8-12)9-13-6-1-2-7-18-13/h1-8H,9-10H2,(H5,16,17,19,20,21). The van der Waals surface area contributed by atoms with Gasteiger partial charge in [-0.1, -0.05) is 30.3 Å². The number of nitrogens with two attached hydrogens (primary N) is 2. The van der Waals surface area contributed by atoms with Crippen LogP contribution in [0.3, 0.4) is 0 Å². The van der Waals surface area contributed by atoms with Crippen molar-refractivity contribution in [2.45, 2.75) is 13.0 Å². The molecule has 0 aliphatic carbocycles. The molecular weight excluding hydrogens is 266 g/mol. The molecule has 1 aromatic carbocycles. The van der Waals surface area contributed by atoms with Crippen LogP contribution >= 0.6 is 0 Å². The van der Waals surface area contributed by atoms with Gasteiger partial charge in [-0.25, -0.2) is 4.79 Å². The number of amides is 2. The van der Waals surface area contributed by atoms with E-state index in [2.05, 4.69) is 15.3 Å². The number of carbonyl (C=O) groups is 1. The number of hydrogen-bond acceptors (Lipinski definition) is 2. The average Bonchev–Trinajstić information content (AvgIpc) is 2.46. The van der Waals surface area contributed by atoms with E-state index >= 15 is 0 Å². The van der Waals surface area contributed by atoms with E-state index < -0.39 is 6.03 Å². The molecule has 0 radical (unpaired) electrons. The molecule has 0 unspecified atom stereocenters. The fourth-order valence-corrected chi connectivity index (χ4v) is 1.90.